The van der Waals surface area contributed by atoms with Crippen LogP contribution in [0, 0.1) is 0 Å². The summed E-state index contributed by atoms with van der Waals surface area (Å²) in [7, 11) is 0. The second-order valence-corrected chi connectivity index (χ2v) is 6.30. The highest BCUT2D eigenvalue weighted by atomic mass is 35.5. The second kappa shape index (κ2) is 7.47. The summed E-state index contributed by atoms with van der Waals surface area (Å²) < 4.78 is 5.66. The summed E-state index contributed by atoms with van der Waals surface area (Å²) >= 11 is 7.46. The molecule has 0 aliphatic rings. The van der Waals surface area contributed by atoms with E-state index in [1.807, 2.05) is 30.3 Å². The zero-order valence-corrected chi connectivity index (χ0v) is 13.5. The minimum atomic E-state index is 0.530. The van der Waals surface area contributed by atoms with Crippen molar-refractivity contribution in [3.63, 3.8) is 0 Å². The molecule has 1 aromatic heterocycles. The minimum Gasteiger partial charge on any atom is -0.411 e. The molecule has 0 N–H and O–H groups in total. The number of halogens is 1. The van der Waals surface area contributed by atoms with Crippen LogP contribution < -0.4 is 0 Å². The van der Waals surface area contributed by atoms with E-state index in [1.54, 1.807) is 11.8 Å². The molecule has 22 heavy (non-hydrogen) atoms. The first-order valence-corrected chi connectivity index (χ1v) is 8.44. The number of aryl methyl sites for hydroxylation is 1. The van der Waals surface area contributed by atoms with Crippen molar-refractivity contribution < 1.29 is 4.42 Å². The van der Waals surface area contributed by atoms with E-state index in [0.717, 1.165) is 24.2 Å². The van der Waals surface area contributed by atoms with Gasteiger partial charge in [-0.1, -0.05) is 53.7 Å². The molecule has 0 aliphatic heterocycles. The van der Waals surface area contributed by atoms with Gasteiger partial charge in [-0.15, -0.1) is 10.2 Å². The van der Waals surface area contributed by atoms with Crippen LogP contribution in [0.25, 0.3) is 11.5 Å². The second-order valence-electron chi connectivity index (χ2n) is 4.82. The number of thioether (sulfide) groups is 1. The molecule has 0 amide bonds. The first-order chi connectivity index (χ1) is 10.8. The summed E-state index contributed by atoms with van der Waals surface area (Å²) in [6, 6.07) is 17.8. The maximum absolute atomic E-state index is 5.87. The average molecular weight is 331 g/mol. The predicted molar refractivity (Wildman–Crippen MR) is 90.2 cm³/mol. The van der Waals surface area contributed by atoms with Crippen molar-refractivity contribution in [1.82, 2.24) is 10.2 Å². The zero-order chi connectivity index (χ0) is 15.2. The van der Waals surface area contributed by atoms with Crippen molar-refractivity contribution in [2.45, 2.75) is 18.1 Å². The molecule has 0 unspecified atom stereocenters. The van der Waals surface area contributed by atoms with Gasteiger partial charge in [0.1, 0.15) is 0 Å². The zero-order valence-electron chi connectivity index (χ0n) is 11.9. The molecule has 0 saturated heterocycles. The first-order valence-electron chi connectivity index (χ1n) is 7.07. The Morgan fingerprint density at radius 3 is 2.50 bits per heavy atom. The molecule has 3 aromatic rings. The van der Waals surface area contributed by atoms with Crippen LogP contribution in [0.15, 0.2) is 64.2 Å². The summed E-state index contributed by atoms with van der Waals surface area (Å²) in [6.07, 6.45) is 2.14. The van der Waals surface area contributed by atoms with Gasteiger partial charge < -0.3 is 4.42 Å². The van der Waals surface area contributed by atoms with Gasteiger partial charge in [0, 0.05) is 16.3 Å². The Balaban J connectivity index is 1.50. The standard InChI is InChI=1S/C17H15ClN2OS/c18-15-10-8-14(9-11-15)16-19-20-17(21-16)22-12-4-7-13-5-2-1-3-6-13/h1-3,5-6,8-11H,4,7,12H2. The van der Waals surface area contributed by atoms with Gasteiger partial charge in [-0.25, -0.2) is 0 Å². The molecular weight excluding hydrogens is 316 g/mol. The summed E-state index contributed by atoms with van der Waals surface area (Å²) in [5.41, 5.74) is 2.24. The van der Waals surface area contributed by atoms with E-state index in [1.165, 1.54) is 5.56 Å². The van der Waals surface area contributed by atoms with Gasteiger partial charge in [0.15, 0.2) is 0 Å². The quantitative estimate of drug-likeness (QED) is 0.465. The Labute approximate surface area is 138 Å². The Morgan fingerprint density at radius 2 is 1.73 bits per heavy atom. The Kier molecular flexibility index (Phi) is 5.14. The van der Waals surface area contributed by atoms with Gasteiger partial charge >= 0.3 is 0 Å². The summed E-state index contributed by atoms with van der Waals surface area (Å²) in [5.74, 6) is 1.49. The fraction of sp³-hybridized carbons (Fsp3) is 0.176. The smallest absolute Gasteiger partial charge is 0.276 e. The van der Waals surface area contributed by atoms with E-state index >= 15 is 0 Å². The highest BCUT2D eigenvalue weighted by molar-refractivity contribution is 7.99. The van der Waals surface area contributed by atoms with Crippen molar-refractivity contribution in [3.8, 4) is 11.5 Å². The molecule has 0 fully saturated rings. The monoisotopic (exact) mass is 330 g/mol. The molecule has 0 saturated carbocycles. The van der Waals surface area contributed by atoms with E-state index in [2.05, 4.69) is 34.5 Å². The van der Waals surface area contributed by atoms with Crippen LogP contribution >= 0.6 is 23.4 Å². The van der Waals surface area contributed by atoms with E-state index in [0.29, 0.717) is 16.1 Å². The molecule has 3 rings (SSSR count). The molecule has 2 aromatic carbocycles. The van der Waals surface area contributed by atoms with Crippen LogP contribution in [0.1, 0.15) is 12.0 Å². The normalized spacial score (nSPS) is 10.8. The van der Waals surface area contributed by atoms with Crippen LogP contribution in [0.4, 0.5) is 0 Å². The number of aromatic nitrogens is 2. The van der Waals surface area contributed by atoms with Crippen LogP contribution in [0.5, 0.6) is 0 Å². The highest BCUT2D eigenvalue weighted by Gasteiger charge is 2.08. The van der Waals surface area contributed by atoms with Gasteiger partial charge in [-0.2, -0.15) is 0 Å². The van der Waals surface area contributed by atoms with E-state index < -0.39 is 0 Å². The third-order valence-corrected chi connectivity index (χ3v) is 4.33. The molecule has 0 bridgehead atoms. The summed E-state index contributed by atoms with van der Waals surface area (Å²) in [6.45, 7) is 0. The van der Waals surface area contributed by atoms with Crippen LogP contribution in [0.2, 0.25) is 5.02 Å². The molecule has 112 valence electrons. The van der Waals surface area contributed by atoms with Crippen LogP contribution in [-0.4, -0.2) is 16.0 Å². The SMILES string of the molecule is Clc1ccc(-c2nnc(SCCCc3ccccc3)o2)cc1. The van der Waals surface area contributed by atoms with Gasteiger partial charge in [-0.3, -0.25) is 0 Å². The van der Waals surface area contributed by atoms with Crippen molar-refractivity contribution in [3.05, 3.63) is 65.2 Å². The molecule has 5 heteroatoms. The lowest BCUT2D eigenvalue weighted by molar-refractivity contribution is 0.466. The number of hydrogen-bond donors (Lipinski definition) is 0. The van der Waals surface area contributed by atoms with Gasteiger partial charge in [-0.05, 0) is 42.7 Å². The summed E-state index contributed by atoms with van der Waals surface area (Å²) in [4.78, 5) is 0. The van der Waals surface area contributed by atoms with Gasteiger partial charge in [0.2, 0.25) is 5.89 Å². The van der Waals surface area contributed by atoms with E-state index in [9.17, 15) is 0 Å². The first kappa shape index (κ1) is 15.1. The topological polar surface area (TPSA) is 38.9 Å². The molecule has 1 heterocycles. The third-order valence-electron chi connectivity index (χ3n) is 3.18. The number of rotatable bonds is 6. The van der Waals surface area contributed by atoms with Crippen LogP contribution in [0.3, 0.4) is 0 Å². The van der Waals surface area contributed by atoms with Crippen molar-refractivity contribution >= 4 is 23.4 Å². The predicted octanol–water partition coefficient (Wildman–Crippen LogP) is 5.11. The lowest BCUT2D eigenvalue weighted by atomic mass is 10.1. The largest absolute Gasteiger partial charge is 0.411 e. The maximum atomic E-state index is 5.87. The highest BCUT2D eigenvalue weighted by Crippen LogP contribution is 2.24. The van der Waals surface area contributed by atoms with Gasteiger partial charge in [0.25, 0.3) is 5.22 Å². The van der Waals surface area contributed by atoms with E-state index in [4.69, 9.17) is 16.0 Å². The van der Waals surface area contributed by atoms with Crippen molar-refractivity contribution in [2.24, 2.45) is 0 Å². The third kappa shape index (κ3) is 4.12. The number of nitrogens with zero attached hydrogens (tertiary/aromatic N) is 2. The maximum Gasteiger partial charge on any atom is 0.276 e. The molecule has 0 atom stereocenters. The minimum absolute atomic E-state index is 0.530. The molecule has 0 spiro atoms. The van der Waals surface area contributed by atoms with Gasteiger partial charge in [0.05, 0.1) is 0 Å². The van der Waals surface area contributed by atoms with E-state index in [-0.39, 0.29) is 0 Å². The lowest BCUT2D eigenvalue weighted by Crippen LogP contribution is -1.87. The average Bonchev–Trinajstić information content (AvgIpc) is 3.02. The molecule has 0 aliphatic carbocycles. The Bertz CT molecular complexity index is 713. The molecular formula is C17H15ClN2OS. The van der Waals surface area contributed by atoms with Crippen LogP contribution in [-0.2, 0) is 6.42 Å². The lowest BCUT2D eigenvalue weighted by Gasteiger charge is -1.99. The fourth-order valence-electron chi connectivity index (χ4n) is 2.06. The molecule has 3 nitrogen and oxygen atoms in total. The fourth-order valence-corrected chi connectivity index (χ4v) is 2.88. The Morgan fingerprint density at radius 1 is 0.955 bits per heavy atom. The Hall–Kier alpha value is -1.78. The number of benzene rings is 2. The van der Waals surface area contributed by atoms with Crippen molar-refractivity contribution in [1.29, 1.82) is 0 Å². The van der Waals surface area contributed by atoms with Crippen molar-refractivity contribution in [2.75, 3.05) is 5.75 Å². The summed E-state index contributed by atoms with van der Waals surface area (Å²) in [5, 5.41) is 9.45. The molecule has 0 radical (unpaired) electrons. The number of hydrogen-bond acceptors (Lipinski definition) is 4.